The highest BCUT2D eigenvalue weighted by Gasteiger charge is 2.46. The summed E-state index contributed by atoms with van der Waals surface area (Å²) in [5.41, 5.74) is 1.84. The number of nitrogens with zero attached hydrogens (tertiary/aromatic N) is 1. The summed E-state index contributed by atoms with van der Waals surface area (Å²) in [5, 5.41) is 9.16. The van der Waals surface area contributed by atoms with Gasteiger partial charge in [-0.2, -0.15) is 0 Å². The molecule has 1 aliphatic heterocycles. The Labute approximate surface area is 131 Å². The van der Waals surface area contributed by atoms with Crippen LogP contribution < -0.4 is 0 Å². The van der Waals surface area contributed by atoms with E-state index in [0.29, 0.717) is 19.5 Å². The van der Waals surface area contributed by atoms with Crippen molar-refractivity contribution in [2.45, 2.75) is 44.4 Å². The maximum Gasteiger partial charge on any atom is 0.308 e. The number of rotatable bonds is 3. The van der Waals surface area contributed by atoms with Crippen LogP contribution in [0.2, 0.25) is 0 Å². The number of carboxylic acid groups (broad SMARTS) is 1. The van der Waals surface area contributed by atoms with Crippen molar-refractivity contribution in [1.29, 1.82) is 0 Å². The number of likely N-dealkylation sites (tertiary alicyclic amines) is 1. The Kier molecular flexibility index (Phi) is 3.94. The van der Waals surface area contributed by atoms with Crippen LogP contribution in [0.4, 0.5) is 0 Å². The molecule has 1 atom stereocenters. The number of aliphatic carboxylic acids is 1. The van der Waals surface area contributed by atoms with E-state index < -0.39 is 17.3 Å². The molecule has 2 fully saturated rings. The molecule has 4 heteroatoms. The molecule has 1 heterocycles. The minimum Gasteiger partial charge on any atom is -0.481 e. The standard InChI is InChI=1S/C18H23NO3/c1-13-5-4-6-15(11-13)18(8-2-3-9-18)17(22)19-10-7-14(12-19)16(20)21/h4-6,11,14H,2-3,7-10,12H2,1H3,(H,20,21). The first kappa shape index (κ1) is 15.1. The predicted molar refractivity (Wildman–Crippen MR) is 83.6 cm³/mol. The number of amides is 1. The quantitative estimate of drug-likeness (QED) is 0.934. The highest BCUT2D eigenvalue weighted by Crippen LogP contribution is 2.43. The number of aryl methyl sites for hydroxylation is 1. The number of carbonyl (C=O) groups is 2. The zero-order valence-corrected chi connectivity index (χ0v) is 13.0. The van der Waals surface area contributed by atoms with E-state index in [4.69, 9.17) is 5.11 Å². The third-order valence-corrected chi connectivity index (χ3v) is 5.26. The van der Waals surface area contributed by atoms with Gasteiger partial charge in [-0.15, -0.1) is 0 Å². The molecule has 22 heavy (non-hydrogen) atoms. The fourth-order valence-corrected chi connectivity index (χ4v) is 4.00. The zero-order valence-electron chi connectivity index (χ0n) is 13.0. The van der Waals surface area contributed by atoms with Crippen molar-refractivity contribution in [2.75, 3.05) is 13.1 Å². The predicted octanol–water partition coefficient (Wildman–Crippen LogP) is 2.74. The number of carboxylic acids is 1. The second-order valence-corrected chi connectivity index (χ2v) is 6.73. The Morgan fingerprint density at radius 1 is 1.27 bits per heavy atom. The highest BCUT2D eigenvalue weighted by molar-refractivity contribution is 5.89. The van der Waals surface area contributed by atoms with Crippen LogP contribution in [0.25, 0.3) is 0 Å². The molecule has 1 aliphatic carbocycles. The van der Waals surface area contributed by atoms with Crippen LogP contribution in [0.3, 0.4) is 0 Å². The van der Waals surface area contributed by atoms with Gasteiger partial charge in [-0.05, 0) is 31.7 Å². The van der Waals surface area contributed by atoms with Crippen molar-refractivity contribution in [3.05, 3.63) is 35.4 Å². The molecule has 118 valence electrons. The number of hydrogen-bond acceptors (Lipinski definition) is 2. The smallest absolute Gasteiger partial charge is 0.308 e. The van der Waals surface area contributed by atoms with Crippen molar-refractivity contribution in [3.63, 3.8) is 0 Å². The summed E-state index contributed by atoms with van der Waals surface area (Å²) in [6.45, 7) is 2.98. The van der Waals surface area contributed by atoms with E-state index in [0.717, 1.165) is 31.2 Å². The Bertz CT molecular complexity index is 590. The fraction of sp³-hybridized carbons (Fsp3) is 0.556. The van der Waals surface area contributed by atoms with Gasteiger partial charge in [0, 0.05) is 13.1 Å². The molecule has 1 amide bonds. The molecule has 1 unspecified atom stereocenters. The summed E-state index contributed by atoms with van der Waals surface area (Å²) >= 11 is 0. The number of carbonyl (C=O) groups excluding carboxylic acids is 1. The second kappa shape index (κ2) is 5.75. The molecule has 3 rings (SSSR count). The highest BCUT2D eigenvalue weighted by atomic mass is 16.4. The summed E-state index contributed by atoms with van der Waals surface area (Å²) in [6.07, 6.45) is 4.46. The van der Waals surface area contributed by atoms with E-state index in [1.54, 1.807) is 4.90 Å². The van der Waals surface area contributed by atoms with Gasteiger partial charge in [0.2, 0.25) is 5.91 Å². The first-order valence-corrected chi connectivity index (χ1v) is 8.12. The van der Waals surface area contributed by atoms with Gasteiger partial charge in [0.25, 0.3) is 0 Å². The summed E-state index contributed by atoms with van der Waals surface area (Å²) in [5.74, 6) is -1.05. The molecule has 4 nitrogen and oxygen atoms in total. The first-order chi connectivity index (χ1) is 10.5. The largest absolute Gasteiger partial charge is 0.481 e. The average Bonchev–Trinajstić information content (AvgIpc) is 3.17. The molecule has 0 spiro atoms. The lowest BCUT2D eigenvalue weighted by atomic mass is 9.77. The van der Waals surface area contributed by atoms with Gasteiger partial charge in [-0.3, -0.25) is 9.59 Å². The number of hydrogen-bond donors (Lipinski definition) is 1. The monoisotopic (exact) mass is 301 g/mol. The maximum absolute atomic E-state index is 13.2. The van der Waals surface area contributed by atoms with Gasteiger partial charge in [0.1, 0.15) is 0 Å². The van der Waals surface area contributed by atoms with Gasteiger partial charge < -0.3 is 10.0 Å². The molecule has 0 radical (unpaired) electrons. The molecule has 1 aromatic carbocycles. The SMILES string of the molecule is Cc1cccc(C2(C(=O)N3CCC(C(=O)O)C3)CCCC2)c1. The minimum atomic E-state index is -0.786. The molecule has 2 aliphatic rings. The topological polar surface area (TPSA) is 57.6 Å². The average molecular weight is 301 g/mol. The van der Waals surface area contributed by atoms with E-state index in [-0.39, 0.29) is 5.91 Å². The van der Waals surface area contributed by atoms with Crippen LogP contribution in [-0.4, -0.2) is 35.0 Å². The van der Waals surface area contributed by atoms with Gasteiger partial charge in [-0.1, -0.05) is 42.7 Å². The molecular formula is C18H23NO3. The van der Waals surface area contributed by atoms with Crippen molar-refractivity contribution < 1.29 is 14.7 Å². The molecule has 1 N–H and O–H groups in total. The zero-order chi connectivity index (χ0) is 15.7. The van der Waals surface area contributed by atoms with Crippen LogP contribution in [0.15, 0.2) is 24.3 Å². The Morgan fingerprint density at radius 3 is 2.59 bits per heavy atom. The molecule has 1 aromatic rings. The van der Waals surface area contributed by atoms with Gasteiger partial charge in [-0.25, -0.2) is 0 Å². The lowest BCUT2D eigenvalue weighted by Crippen LogP contribution is -2.44. The lowest BCUT2D eigenvalue weighted by Gasteiger charge is -2.33. The Balaban J connectivity index is 1.88. The van der Waals surface area contributed by atoms with Crippen molar-refractivity contribution in [1.82, 2.24) is 4.90 Å². The fourth-order valence-electron chi connectivity index (χ4n) is 4.00. The number of benzene rings is 1. The van der Waals surface area contributed by atoms with E-state index in [2.05, 4.69) is 12.1 Å². The van der Waals surface area contributed by atoms with Gasteiger partial charge >= 0.3 is 5.97 Å². The Morgan fingerprint density at radius 2 is 2.00 bits per heavy atom. The normalized spacial score (nSPS) is 23.7. The third-order valence-electron chi connectivity index (χ3n) is 5.26. The summed E-state index contributed by atoms with van der Waals surface area (Å²) < 4.78 is 0. The second-order valence-electron chi connectivity index (χ2n) is 6.73. The van der Waals surface area contributed by atoms with E-state index in [1.807, 2.05) is 19.1 Å². The van der Waals surface area contributed by atoms with Crippen molar-refractivity contribution in [3.8, 4) is 0 Å². The molecule has 1 saturated heterocycles. The molecular weight excluding hydrogens is 278 g/mol. The summed E-state index contributed by atoms with van der Waals surface area (Å²) in [7, 11) is 0. The van der Waals surface area contributed by atoms with E-state index in [1.165, 1.54) is 5.56 Å². The minimum absolute atomic E-state index is 0.138. The Hall–Kier alpha value is -1.84. The van der Waals surface area contributed by atoms with Crippen molar-refractivity contribution >= 4 is 11.9 Å². The van der Waals surface area contributed by atoms with Crippen LogP contribution in [0, 0.1) is 12.8 Å². The van der Waals surface area contributed by atoms with Crippen molar-refractivity contribution in [2.24, 2.45) is 5.92 Å². The van der Waals surface area contributed by atoms with Crippen LogP contribution >= 0.6 is 0 Å². The van der Waals surface area contributed by atoms with Gasteiger partial charge in [0.15, 0.2) is 0 Å². The summed E-state index contributed by atoms with van der Waals surface area (Å²) in [4.78, 5) is 26.1. The maximum atomic E-state index is 13.2. The van der Waals surface area contributed by atoms with E-state index in [9.17, 15) is 9.59 Å². The summed E-state index contributed by atoms with van der Waals surface area (Å²) in [6, 6.07) is 8.24. The molecule has 0 bridgehead atoms. The lowest BCUT2D eigenvalue weighted by molar-refractivity contribution is -0.142. The first-order valence-electron chi connectivity index (χ1n) is 8.12. The van der Waals surface area contributed by atoms with Crippen LogP contribution in [0.1, 0.15) is 43.2 Å². The van der Waals surface area contributed by atoms with Crippen LogP contribution in [0.5, 0.6) is 0 Å². The third kappa shape index (κ3) is 2.51. The molecule has 1 saturated carbocycles. The van der Waals surface area contributed by atoms with Crippen LogP contribution in [-0.2, 0) is 15.0 Å². The van der Waals surface area contributed by atoms with Gasteiger partial charge in [0.05, 0.1) is 11.3 Å². The van der Waals surface area contributed by atoms with E-state index >= 15 is 0 Å². The molecule has 0 aromatic heterocycles.